The number of anilines is 1. The van der Waals surface area contributed by atoms with Gasteiger partial charge in [-0.15, -0.1) is 0 Å². The first-order chi connectivity index (χ1) is 11.8. The summed E-state index contributed by atoms with van der Waals surface area (Å²) in [5.74, 6) is -3.68. The summed E-state index contributed by atoms with van der Waals surface area (Å²) in [5, 5.41) is 19.8. The molecule has 0 saturated heterocycles. The molecular formula is C16H11ClFNO5S. The molecule has 3 aromatic rings. The van der Waals surface area contributed by atoms with Crippen LogP contribution in [-0.4, -0.2) is 18.6 Å². The van der Waals surface area contributed by atoms with E-state index in [0.29, 0.717) is 0 Å². The lowest BCUT2D eigenvalue weighted by atomic mass is 10.1. The van der Waals surface area contributed by atoms with Crippen molar-refractivity contribution in [2.75, 3.05) is 4.72 Å². The van der Waals surface area contributed by atoms with Gasteiger partial charge in [-0.2, -0.15) is 0 Å². The van der Waals surface area contributed by atoms with E-state index in [-0.39, 0.29) is 15.5 Å². The molecule has 0 unspecified atom stereocenters. The van der Waals surface area contributed by atoms with Gasteiger partial charge in [0.2, 0.25) is 11.5 Å². The fourth-order valence-electron chi connectivity index (χ4n) is 2.15. The lowest BCUT2D eigenvalue weighted by Gasteiger charge is -2.05. The van der Waals surface area contributed by atoms with Crippen LogP contribution in [0.4, 0.5) is 10.3 Å². The Morgan fingerprint density at radius 3 is 2.32 bits per heavy atom. The van der Waals surface area contributed by atoms with Gasteiger partial charge in [0.15, 0.2) is 5.76 Å². The third-order valence-corrected chi connectivity index (χ3v) is 4.99. The maximum Gasteiger partial charge on any atom is 0.264 e. The van der Waals surface area contributed by atoms with Crippen LogP contribution >= 0.6 is 11.6 Å². The Balaban J connectivity index is 2.06. The molecule has 25 heavy (non-hydrogen) atoms. The standard InChI is InChI=1S/C16H11ClFNO5S/c17-10-7-4-8-11(18)12(10)15-13(20)14(21)16(24-15)19-25(22,23)9-5-2-1-3-6-9/h1-8,19-21H. The van der Waals surface area contributed by atoms with Crippen molar-refractivity contribution < 1.29 is 27.4 Å². The van der Waals surface area contributed by atoms with Crippen LogP contribution in [-0.2, 0) is 10.0 Å². The van der Waals surface area contributed by atoms with E-state index < -0.39 is 39.0 Å². The summed E-state index contributed by atoms with van der Waals surface area (Å²) < 4.78 is 45.7. The molecule has 0 amide bonds. The molecule has 0 aliphatic heterocycles. The first-order valence-electron chi connectivity index (χ1n) is 6.88. The molecule has 1 heterocycles. The van der Waals surface area contributed by atoms with E-state index in [4.69, 9.17) is 16.0 Å². The molecule has 0 spiro atoms. The predicted octanol–water partition coefficient (Wildman–Crippen LogP) is 3.95. The van der Waals surface area contributed by atoms with E-state index >= 15 is 0 Å². The Labute approximate surface area is 147 Å². The molecule has 9 heteroatoms. The zero-order valence-corrected chi connectivity index (χ0v) is 14.0. The third kappa shape index (κ3) is 3.13. The Hall–Kier alpha value is -2.71. The Kier molecular flexibility index (Phi) is 4.32. The Morgan fingerprint density at radius 2 is 1.68 bits per heavy atom. The van der Waals surface area contributed by atoms with E-state index in [1.807, 2.05) is 4.72 Å². The fraction of sp³-hybridized carbons (Fsp3) is 0. The quantitative estimate of drug-likeness (QED) is 0.633. The second kappa shape index (κ2) is 6.30. The number of sulfonamides is 1. The first-order valence-corrected chi connectivity index (χ1v) is 8.74. The van der Waals surface area contributed by atoms with E-state index in [9.17, 15) is 23.0 Å². The van der Waals surface area contributed by atoms with Crippen molar-refractivity contribution in [1.29, 1.82) is 0 Å². The van der Waals surface area contributed by atoms with Crippen molar-refractivity contribution in [2.45, 2.75) is 4.90 Å². The summed E-state index contributed by atoms with van der Waals surface area (Å²) in [6, 6.07) is 11.1. The van der Waals surface area contributed by atoms with Crippen molar-refractivity contribution in [1.82, 2.24) is 0 Å². The van der Waals surface area contributed by atoms with Gasteiger partial charge in [-0.25, -0.2) is 17.5 Å². The van der Waals surface area contributed by atoms with Gasteiger partial charge < -0.3 is 14.6 Å². The SMILES string of the molecule is O=S(=O)(Nc1oc(-c2c(F)cccc2Cl)c(O)c1O)c1ccccc1. The first kappa shape index (κ1) is 17.1. The molecule has 3 rings (SSSR count). The molecule has 0 bridgehead atoms. The van der Waals surface area contributed by atoms with Crippen LogP contribution in [0.5, 0.6) is 11.5 Å². The number of halogens is 2. The van der Waals surface area contributed by atoms with Gasteiger partial charge in [0.05, 0.1) is 15.5 Å². The van der Waals surface area contributed by atoms with Crippen LogP contribution in [0.2, 0.25) is 5.02 Å². The molecule has 0 fully saturated rings. The van der Waals surface area contributed by atoms with E-state index in [1.165, 1.54) is 36.4 Å². The molecular weight excluding hydrogens is 373 g/mol. The van der Waals surface area contributed by atoms with Gasteiger partial charge in [0, 0.05) is 0 Å². The van der Waals surface area contributed by atoms with E-state index in [1.54, 1.807) is 6.07 Å². The van der Waals surface area contributed by atoms with Crippen molar-refractivity contribution in [3.8, 4) is 22.8 Å². The number of rotatable bonds is 4. The van der Waals surface area contributed by atoms with Crippen molar-refractivity contribution in [3.05, 3.63) is 59.4 Å². The number of nitrogens with one attached hydrogen (secondary N) is 1. The molecule has 0 aliphatic rings. The van der Waals surface area contributed by atoms with Crippen LogP contribution in [0, 0.1) is 5.82 Å². The molecule has 130 valence electrons. The van der Waals surface area contributed by atoms with Crippen molar-refractivity contribution in [3.63, 3.8) is 0 Å². The molecule has 3 N–H and O–H groups in total. The second-order valence-electron chi connectivity index (χ2n) is 4.97. The molecule has 2 aromatic carbocycles. The highest BCUT2D eigenvalue weighted by Gasteiger charge is 2.27. The van der Waals surface area contributed by atoms with Crippen molar-refractivity contribution >= 4 is 27.5 Å². The van der Waals surface area contributed by atoms with Gasteiger partial charge in [0.1, 0.15) is 5.82 Å². The summed E-state index contributed by atoms with van der Waals surface area (Å²) in [4.78, 5) is -0.0873. The van der Waals surface area contributed by atoms with E-state index in [0.717, 1.165) is 6.07 Å². The summed E-state index contributed by atoms with van der Waals surface area (Å²) in [7, 11) is -4.08. The second-order valence-corrected chi connectivity index (χ2v) is 7.06. The maximum atomic E-state index is 14.0. The number of hydrogen-bond donors (Lipinski definition) is 3. The minimum Gasteiger partial charge on any atom is -0.502 e. The highest BCUT2D eigenvalue weighted by atomic mass is 35.5. The normalized spacial score (nSPS) is 11.4. The summed E-state index contributed by atoms with van der Waals surface area (Å²) >= 11 is 5.90. The minimum atomic E-state index is -4.08. The Bertz CT molecular complexity index is 1010. The van der Waals surface area contributed by atoms with Crippen LogP contribution in [0.1, 0.15) is 0 Å². The zero-order chi connectivity index (χ0) is 18.2. The summed E-state index contributed by atoms with van der Waals surface area (Å²) in [6.07, 6.45) is 0. The molecule has 0 aliphatic carbocycles. The molecule has 1 aromatic heterocycles. The maximum absolute atomic E-state index is 14.0. The smallest absolute Gasteiger partial charge is 0.264 e. The average Bonchev–Trinajstić information content (AvgIpc) is 2.84. The summed E-state index contributed by atoms with van der Waals surface area (Å²) in [6.45, 7) is 0. The summed E-state index contributed by atoms with van der Waals surface area (Å²) in [5.41, 5.74) is -0.304. The van der Waals surface area contributed by atoms with Gasteiger partial charge in [-0.1, -0.05) is 35.9 Å². The zero-order valence-electron chi connectivity index (χ0n) is 12.4. The molecule has 0 saturated carbocycles. The largest absolute Gasteiger partial charge is 0.502 e. The van der Waals surface area contributed by atoms with Crippen molar-refractivity contribution in [2.24, 2.45) is 0 Å². The number of benzene rings is 2. The van der Waals surface area contributed by atoms with E-state index in [2.05, 4.69) is 0 Å². The lowest BCUT2D eigenvalue weighted by molar-refractivity contribution is 0.410. The average molecular weight is 384 g/mol. The topological polar surface area (TPSA) is 99.8 Å². The van der Waals surface area contributed by atoms with Crippen LogP contribution in [0.3, 0.4) is 0 Å². The Morgan fingerprint density at radius 1 is 1.00 bits per heavy atom. The van der Waals surface area contributed by atoms with Gasteiger partial charge in [-0.3, -0.25) is 0 Å². The predicted molar refractivity (Wildman–Crippen MR) is 89.7 cm³/mol. The fourth-order valence-corrected chi connectivity index (χ4v) is 3.41. The minimum absolute atomic E-state index is 0.0819. The third-order valence-electron chi connectivity index (χ3n) is 3.33. The van der Waals surface area contributed by atoms with Crippen LogP contribution < -0.4 is 4.72 Å². The lowest BCUT2D eigenvalue weighted by Crippen LogP contribution is -2.12. The number of furan rings is 1. The van der Waals surface area contributed by atoms with Crippen LogP contribution in [0.25, 0.3) is 11.3 Å². The van der Waals surface area contributed by atoms with Gasteiger partial charge in [-0.05, 0) is 24.3 Å². The van der Waals surface area contributed by atoms with Gasteiger partial charge in [0.25, 0.3) is 15.9 Å². The highest BCUT2D eigenvalue weighted by Crippen LogP contribution is 2.48. The monoisotopic (exact) mass is 383 g/mol. The molecule has 0 radical (unpaired) electrons. The number of hydrogen-bond acceptors (Lipinski definition) is 5. The molecule has 6 nitrogen and oxygen atoms in total. The van der Waals surface area contributed by atoms with Gasteiger partial charge >= 0.3 is 0 Å². The highest BCUT2D eigenvalue weighted by molar-refractivity contribution is 7.92. The van der Waals surface area contributed by atoms with Crippen LogP contribution in [0.15, 0.2) is 57.8 Å². The molecule has 0 atom stereocenters. The number of aromatic hydroxyl groups is 2.